The van der Waals surface area contributed by atoms with Crippen LogP contribution in [0.2, 0.25) is 5.02 Å². The van der Waals surface area contributed by atoms with Gasteiger partial charge in [-0.1, -0.05) is 11.6 Å². The minimum atomic E-state index is -6.03. The van der Waals surface area contributed by atoms with Crippen LogP contribution in [0.1, 0.15) is 20.7 Å². The fourth-order valence-corrected chi connectivity index (χ4v) is 2.43. The van der Waals surface area contributed by atoms with E-state index in [1.165, 1.54) is 24.3 Å². The average Bonchev–Trinajstić information content (AvgIpc) is 2.55. The maximum Gasteiger partial charge on any atom is 0.534 e. The zero-order chi connectivity index (χ0) is 20.4. The summed E-state index contributed by atoms with van der Waals surface area (Å²) in [4.78, 5) is 23.6. The molecule has 144 valence electrons. The number of carbonyl (C=O) groups excluding carboxylic acids is 2. The number of alkyl halides is 3. The molecule has 12 heteroatoms. The standard InChI is InChI=1S/C15H10ClF3N2O5S/c16-9-2-4-10(5-3-9)21-14(23)11-7-8(13(20)22)1-6-12(11)26-27(24,25)15(17,18)19/h1-7H,(H2,20,22)(H,21,23). The van der Waals surface area contributed by atoms with Crippen molar-refractivity contribution in [3.05, 3.63) is 58.6 Å². The maximum absolute atomic E-state index is 12.5. The van der Waals surface area contributed by atoms with E-state index in [0.29, 0.717) is 5.02 Å². The van der Waals surface area contributed by atoms with Gasteiger partial charge >= 0.3 is 15.6 Å². The van der Waals surface area contributed by atoms with Crippen molar-refractivity contribution in [3.63, 3.8) is 0 Å². The van der Waals surface area contributed by atoms with Gasteiger partial charge < -0.3 is 15.2 Å². The Morgan fingerprint density at radius 3 is 2.19 bits per heavy atom. The number of hydrogen-bond acceptors (Lipinski definition) is 5. The van der Waals surface area contributed by atoms with Gasteiger partial charge in [0.15, 0.2) is 5.75 Å². The molecule has 0 bridgehead atoms. The summed E-state index contributed by atoms with van der Waals surface area (Å²) in [5.74, 6) is -2.95. The number of primary amides is 1. The van der Waals surface area contributed by atoms with Gasteiger partial charge in [-0.3, -0.25) is 9.59 Å². The van der Waals surface area contributed by atoms with Gasteiger partial charge in [0.25, 0.3) is 5.91 Å². The van der Waals surface area contributed by atoms with Gasteiger partial charge in [0.05, 0.1) is 5.56 Å². The number of hydrogen-bond donors (Lipinski definition) is 2. The van der Waals surface area contributed by atoms with Gasteiger partial charge in [-0.2, -0.15) is 21.6 Å². The van der Waals surface area contributed by atoms with Crippen LogP contribution in [0, 0.1) is 0 Å². The smallest absolute Gasteiger partial charge is 0.375 e. The number of nitrogens with two attached hydrogens (primary N) is 1. The average molecular weight is 423 g/mol. The Morgan fingerprint density at radius 2 is 1.67 bits per heavy atom. The highest BCUT2D eigenvalue weighted by molar-refractivity contribution is 7.88. The highest BCUT2D eigenvalue weighted by Crippen LogP contribution is 2.30. The van der Waals surface area contributed by atoms with Crippen molar-refractivity contribution in [2.75, 3.05) is 5.32 Å². The molecule has 0 saturated heterocycles. The van der Waals surface area contributed by atoms with Crippen LogP contribution in [-0.2, 0) is 10.1 Å². The van der Waals surface area contributed by atoms with Crippen molar-refractivity contribution < 1.29 is 35.4 Å². The van der Waals surface area contributed by atoms with Gasteiger partial charge in [0.1, 0.15) is 0 Å². The molecule has 0 aliphatic carbocycles. The van der Waals surface area contributed by atoms with E-state index in [-0.39, 0.29) is 11.3 Å². The lowest BCUT2D eigenvalue weighted by Crippen LogP contribution is -2.29. The first-order valence-electron chi connectivity index (χ1n) is 6.92. The molecule has 0 aromatic heterocycles. The third-order valence-electron chi connectivity index (χ3n) is 3.09. The second kappa shape index (κ2) is 7.45. The number of amides is 2. The van der Waals surface area contributed by atoms with Crippen molar-refractivity contribution in [2.24, 2.45) is 5.73 Å². The number of halogens is 4. The summed E-state index contributed by atoms with van der Waals surface area (Å²) < 4.78 is 64.1. The number of rotatable bonds is 5. The molecule has 0 atom stereocenters. The van der Waals surface area contributed by atoms with Crippen LogP contribution in [0.15, 0.2) is 42.5 Å². The predicted octanol–water partition coefficient (Wildman–Crippen LogP) is 2.92. The lowest BCUT2D eigenvalue weighted by atomic mass is 10.1. The molecule has 3 N–H and O–H groups in total. The molecule has 0 aliphatic rings. The molecule has 2 rings (SSSR count). The van der Waals surface area contributed by atoms with Gasteiger partial charge in [0, 0.05) is 16.3 Å². The molecule has 0 spiro atoms. The van der Waals surface area contributed by atoms with E-state index in [1.807, 2.05) is 0 Å². The van der Waals surface area contributed by atoms with E-state index in [1.54, 1.807) is 0 Å². The van der Waals surface area contributed by atoms with E-state index < -0.39 is 38.8 Å². The summed E-state index contributed by atoms with van der Waals surface area (Å²) in [5.41, 5.74) is -1.31. The van der Waals surface area contributed by atoms with Crippen molar-refractivity contribution in [2.45, 2.75) is 5.51 Å². The van der Waals surface area contributed by atoms with E-state index in [2.05, 4.69) is 9.50 Å². The van der Waals surface area contributed by atoms with Gasteiger partial charge in [-0.25, -0.2) is 0 Å². The first kappa shape index (κ1) is 20.5. The predicted molar refractivity (Wildman–Crippen MR) is 90.0 cm³/mol. The van der Waals surface area contributed by atoms with Crippen LogP contribution in [0.3, 0.4) is 0 Å². The fraction of sp³-hybridized carbons (Fsp3) is 0.0667. The minimum Gasteiger partial charge on any atom is -0.375 e. The Morgan fingerprint density at radius 1 is 1.07 bits per heavy atom. The van der Waals surface area contributed by atoms with Gasteiger partial charge in [-0.05, 0) is 42.5 Å². The van der Waals surface area contributed by atoms with Crippen molar-refractivity contribution in [1.82, 2.24) is 0 Å². The number of carbonyl (C=O) groups is 2. The maximum atomic E-state index is 12.5. The second-order valence-electron chi connectivity index (χ2n) is 5.02. The summed E-state index contributed by atoms with van der Waals surface area (Å²) in [6, 6.07) is 8.11. The van der Waals surface area contributed by atoms with E-state index >= 15 is 0 Å². The van der Waals surface area contributed by atoms with Crippen LogP contribution in [0.5, 0.6) is 5.75 Å². The van der Waals surface area contributed by atoms with E-state index in [4.69, 9.17) is 17.3 Å². The number of nitrogens with one attached hydrogen (secondary N) is 1. The summed E-state index contributed by atoms with van der Waals surface area (Å²) in [7, 11) is -6.03. The zero-order valence-corrected chi connectivity index (χ0v) is 14.7. The summed E-state index contributed by atoms with van der Waals surface area (Å²) >= 11 is 5.70. The van der Waals surface area contributed by atoms with Gasteiger partial charge in [-0.15, -0.1) is 0 Å². The Kier molecular flexibility index (Phi) is 5.66. The van der Waals surface area contributed by atoms with Crippen LogP contribution in [0.25, 0.3) is 0 Å². The highest BCUT2D eigenvalue weighted by atomic mass is 35.5. The third-order valence-corrected chi connectivity index (χ3v) is 4.31. The summed E-state index contributed by atoms with van der Waals surface area (Å²) in [6.07, 6.45) is 0. The zero-order valence-electron chi connectivity index (χ0n) is 13.1. The Hall–Kier alpha value is -2.79. The second-order valence-corrected chi connectivity index (χ2v) is 6.99. The quantitative estimate of drug-likeness (QED) is 0.567. The fourth-order valence-electron chi connectivity index (χ4n) is 1.83. The van der Waals surface area contributed by atoms with Gasteiger partial charge in [0.2, 0.25) is 5.91 Å². The molecule has 7 nitrogen and oxygen atoms in total. The van der Waals surface area contributed by atoms with Crippen LogP contribution < -0.4 is 15.2 Å². The summed E-state index contributed by atoms with van der Waals surface area (Å²) in [6.45, 7) is 0. The van der Waals surface area contributed by atoms with Crippen molar-refractivity contribution in [3.8, 4) is 5.75 Å². The Labute approximate surface area is 156 Å². The Balaban J connectivity index is 2.45. The lowest BCUT2D eigenvalue weighted by molar-refractivity contribution is -0.0500. The van der Waals surface area contributed by atoms with Crippen molar-refractivity contribution >= 4 is 39.2 Å². The molecular weight excluding hydrogens is 413 g/mol. The molecule has 0 heterocycles. The number of anilines is 1. The van der Waals surface area contributed by atoms with E-state index in [0.717, 1.165) is 18.2 Å². The van der Waals surface area contributed by atoms with Crippen molar-refractivity contribution in [1.29, 1.82) is 0 Å². The summed E-state index contributed by atoms with van der Waals surface area (Å²) in [5, 5.41) is 2.68. The monoisotopic (exact) mass is 422 g/mol. The molecule has 2 aromatic rings. The van der Waals surface area contributed by atoms with Crippen LogP contribution >= 0.6 is 11.6 Å². The SMILES string of the molecule is NC(=O)c1ccc(OS(=O)(=O)C(F)(F)F)c(C(=O)Nc2ccc(Cl)cc2)c1. The molecular formula is C15H10ClF3N2O5S. The first-order valence-corrected chi connectivity index (χ1v) is 8.71. The molecule has 27 heavy (non-hydrogen) atoms. The topological polar surface area (TPSA) is 116 Å². The first-order chi connectivity index (χ1) is 12.4. The molecule has 0 fully saturated rings. The third kappa shape index (κ3) is 4.89. The lowest BCUT2D eigenvalue weighted by Gasteiger charge is -2.14. The molecule has 0 radical (unpaired) electrons. The van der Waals surface area contributed by atoms with Crippen LogP contribution in [-0.4, -0.2) is 25.7 Å². The Bertz CT molecular complexity index is 992. The van der Waals surface area contributed by atoms with E-state index in [9.17, 15) is 31.2 Å². The van der Waals surface area contributed by atoms with Crippen LogP contribution in [0.4, 0.5) is 18.9 Å². The molecule has 0 unspecified atom stereocenters. The minimum absolute atomic E-state index is 0.207. The number of benzene rings is 2. The molecule has 2 amide bonds. The molecule has 0 aliphatic heterocycles. The highest BCUT2D eigenvalue weighted by Gasteiger charge is 2.49. The molecule has 2 aromatic carbocycles. The normalized spacial score (nSPS) is 11.7. The largest absolute Gasteiger partial charge is 0.534 e. The molecule has 0 saturated carbocycles.